The summed E-state index contributed by atoms with van der Waals surface area (Å²) in [6.07, 6.45) is 8.47. The van der Waals surface area contributed by atoms with Crippen LogP contribution in [0.25, 0.3) is 10.9 Å². The van der Waals surface area contributed by atoms with Gasteiger partial charge in [0.1, 0.15) is 0 Å². The van der Waals surface area contributed by atoms with Gasteiger partial charge in [0.15, 0.2) is 0 Å². The lowest BCUT2D eigenvalue weighted by molar-refractivity contribution is 0.00361. The Morgan fingerprint density at radius 2 is 1.93 bits per heavy atom. The Labute approximate surface area is 166 Å². The van der Waals surface area contributed by atoms with Crippen molar-refractivity contribution in [3.05, 3.63) is 59.8 Å². The summed E-state index contributed by atoms with van der Waals surface area (Å²) < 4.78 is 0. The summed E-state index contributed by atoms with van der Waals surface area (Å²) in [4.78, 5) is 18.0. The molecule has 0 saturated carbocycles. The van der Waals surface area contributed by atoms with Gasteiger partial charge in [0.05, 0.1) is 23.1 Å². The van der Waals surface area contributed by atoms with Crippen LogP contribution < -0.4 is 0 Å². The number of piperidine rings is 1. The maximum Gasteiger partial charge on any atom is 0.0926 e. The van der Waals surface area contributed by atoms with Crippen LogP contribution in [0.5, 0.6) is 0 Å². The van der Waals surface area contributed by atoms with E-state index in [9.17, 15) is 0 Å². The van der Waals surface area contributed by atoms with Crippen molar-refractivity contribution in [2.75, 3.05) is 26.2 Å². The summed E-state index contributed by atoms with van der Waals surface area (Å²) in [6.45, 7) is 7.84. The number of fused-ring (bicyclic) bond motifs is 3. The summed E-state index contributed by atoms with van der Waals surface area (Å²) >= 11 is 0. The van der Waals surface area contributed by atoms with Crippen molar-refractivity contribution in [3.63, 3.8) is 0 Å². The number of pyridine rings is 1. The first-order valence-electron chi connectivity index (χ1n) is 10.6. The zero-order valence-electron chi connectivity index (χ0n) is 16.7. The second kappa shape index (κ2) is 7.30. The van der Waals surface area contributed by atoms with Gasteiger partial charge in [-0.1, -0.05) is 25.1 Å². The van der Waals surface area contributed by atoms with Gasteiger partial charge in [-0.3, -0.25) is 14.8 Å². The highest BCUT2D eigenvalue weighted by Crippen LogP contribution is 2.42. The summed E-state index contributed by atoms with van der Waals surface area (Å²) in [5.74, 6) is 0. The average molecular weight is 376 g/mol. The third kappa shape index (κ3) is 2.93. The Balaban J connectivity index is 1.37. The fourth-order valence-corrected chi connectivity index (χ4v) is 5.29. The molecule has 1 fully saturated rings. The molecule has 2 aliphatic heterocycles. The molecule has 3 aromatic rings. The first-order chi connectivity index (χ1) is 13.8. The third-order valence-corrected chi connectivity index (χ3v) is 6.71. The molecule has 1 spiro atoms. The molecule has 5 nitrogen and oxygen atoms in total. The van der Waals surface area contributed by atoms with E-state index in [2.05, 4.69) is 57.0 Å². The Morgan fingerprint density at radius 1 is 1.07 bits per heavy atom. The topological polar surface area (TPSA) is 48.1 Å². The van der Waals surface area contributed by atoms with E-state index in [0.717, 1.165) is 51.0 Å². The Hall–Kier alpha value is -2.24. The Kier molecular flexibility index (Phi) is 4.65. The van der Waals surface area contributed by atoms with Crippen LogP contribution in [-0.4, -0.2) is 50.9 Å². The second-order valence-electron chi connectivity index (χ2n) is 8.26. The van der Waals surface area contributed by atoms with E-state index in [4.69, 9.17) is 4.98 Å². The number of aromatic nitrogens is 3. The fraction of sp³-hybridized carbons (Fsp3) is 0.478. The zero-order valence-corrected chi connectivity index (χ0v) is 16.7. The highest BCUT2D eigenvalue weighted by atomic mass is 15.3. The van der Waals surface area contributed by atoms with Gasteiger partial charge in [-0.2, -0.15) is 0 Å². The number of aromatic amines is 1. The van der Waals surface area contributed by atoms with E-state index in [1.165, 1.54) is 35.3 Å². The summed E-state index contributed by atoms with van der Waals surface area (Å²) in [7, 11) is 0. The van der Waals surface area contributed by atoms with E-state index in [1.807, 2.05) is 12.5 Å². The number of hydrogen-bond acceptors (Lipinski definition) is 4. The quantitative estimate of drug-likeness (QED) is 0.755. The SMILES string of the molecule is CCCN1CCc2[nH]cnc2C12CCN(Cc1ccnc3ccccc13)CC2. The number of likely N-dealkylation sites (tertiary alicyclic amines) is 1. The highest BCUT2D eigenvalue weighted by Gasteiger charge is 2.46. The molecule has 146 valence electrons. The third-order valence-electron chi connectivity index (χ3n) is 6.71. The largest absolute Gasteiger partial charge is 0.348 e. The van der Waals surface area contributed by atoms with Crippen LogP contribution in [0.2, 0.25) is 0 Å². The normalized spacial score (nSPS) is 19.9. The molecule has 0 unspecified atom stereocenters. The lowest BCUT2D eigenvalue weighted by Gasteiger charge is -2.50. The van der Waals surface area contributed by atoms with Gasteiger partial charge in [-0.15, -0.1) is 0 Å². The first-order valence-corrected chi connectivity index (χ1v) is 10.6. The molecule has 2 aliphatic rings. The van der Waals surface area contributed by atoms with Crippen molar-refractivity contribution in [2.45, 2.75) is 44.7 Å². The summed E-state index contributed by atoms with van der Waals surface area (Å²) in [6, 6.07) is 10.7. The first kappa shape index (κ1) is 17.8. The highest BCUT2D eigenvalue weighted by molar-refractivity contribution is 5.81. The number of H-pyrrole nitrogens is 1. The van der Waals surface area contributed by atoms with Gasteiger partial charge >= 0.3 is 0 Å². The molecule has 1 saturated heterocycles. The molecule has 0 atom stereocenters. The van der Waals surface area contributed by atoms with Crippen LogP contribution in [-0.2, 0) is 18.5 Å². The summed E-state index contributed by atoms with van der Waals surface area (Å²) in [5.41, 5.74) is 5.29. The lowest BCUT2D eigenvalue weighted by atomic mass is 9.78. The molecule has 0 bridgehead atoms. The van der Waals surface area contributed by atoms with E-state index in [1.54, 1.807) is 0 Å². The molecule has 0 radical (unpaired) electrons. The molecular weight excluding hydrogens is 346 g/mol. The number of rotatable bonds is 4. The number of nitrogens with zero attached hydrogens (tertiary/aromatic N) is 4. The zero-order chi connectivity index (χ0) is 19.0. The van der Waals surface area contributed by atoms with Gasteiger partial charge < -0.3 is 4.98 Å². The number of nitrogens with one attached hydrogen (secondary N) is 1. The van der Waals surface area contributed by atoms with Crippen molar-refractivity contribution in [2.24, 2.45) is 0 Å². The Morgan fingerprint density at radius 3 is 2.79 bits per heavy atom. The van der Waals surface area contributed by atoms with Crippen LogP contribution >= 0.6 is 0 Å². The fourth-order valence-electron chi connectivity index (χ4n) is 5.29. The standard InChI is InChI=1S/C23H29N5/c1-2-12-28-13-8-21-22(26-17-25-21)23(28)9-14-27(15-10-23)16-18-7-11-24-20-6-4-3-5-19(18)20/h3-7,11,17H,2,8-10,12-16H2,1H3,(H,25,26). The van der Waals surface area contributed by atoms with Crippen molar-refractivity contribution in [1.29, 1.82) is 0 Å². The molecule has 4 heterocycles. The predicted octanol–water partition coefficient (Wildman–Crippen LogP) is 3.72. The number of imidazole rings is 1. The molecular formula is C23H29N5. The predicted molar refractivity (Wildman–Crippen MR) is 112 cm³/mol. The van der Waals surface area contributed by atoms with E-state index in [0.29, 0.717) is 0 Å². The second-order valence-corrected chi connectivity index (χ2v) is 8.26. The van der Waals surface area contributed by atoms with Crippen molar-refractivity contribution in [3.8, 4) is 0 Å². The number of para-hydroxylation sites is 1. The van der Waals surface area contributed by atoms with Crippen LogP contribution in [0.1, 0.15) is 43.1 Å². The lowest BCUT2D eigenvalue weighted by Crippen LogP contribution is -2.56. The van der Waals surface area contributed by atoms with E-state index >= 15 is 0 Å². The molecule has 5 rings (SSSR count). The maximum atomic E-state index is 4.79. The smallest absolute Gasteiger partial charge is 0.0926 e. The maximum absolute atomic E-state index is 4.79. The van der Waals surface area contributed by atoms with Crippen LogP contribution in [0.3, 0.4) is 0 Å². The van der Waals surface area contributed by atoms with Crippen LogP contribution in [0, 0.1) is 0 Å². The summed E-state index contributed by atoms with van der Waals surface area (Å²) in [5, 5.41) is 1.28. The minimum absolute atomic E-state index is 0.125. The molecule has 2 aromatic heterocycles. The molecule has 0 aliphatic carbocycles. The van der Waals surface area contributed by atoms with Crippen LogP contribution in [0.15, 0.2) is 42.9 Å². The Bertz CT molecular complexity index is 949. The molecule has 0 amide bonds. The average Bonchev–Trinajstić information content (AvgIpc) is 3.22. The van der Waals surface area contributed by atoms with Gasteiger partial charge in [-0.05, 0) is 43.5 Å². The minimum atomic E-state index is 0.125. The van der Waals surface area contributed by atoms with E-state index < -0.39 is 0 Å². The number of benzene rings is 1. The van der Waals surface area contributed by atoms with Crippen molar-refractivity contribution in [1.82, 2.24) is 24.8 Å². The molecule has 1 aromatic carbocycles. The molecule has 28 heavy (non-hydrogen) atoms. The minimum Gasteiger partial charge on any atom is -0.348 e. The van der Waals surface area contributed by atoms with Gasteiger partial charge in [0, 0.05) is 49.9 Å². The van der Waals surface area contributed by atoms with Gasteiger partial charge in [0.25, 0.3) is 0 Å². The van der Waals surface area contributed by atoms with E-state index in [-0.39, 0.29) is 5.54 Å². The van der Waals surface area contributed by atoms with Gasteiger partial charge in [0.2, 0.25) is 0 Å². The van der Waals surface area contributed by atoms with Crippen molar-refractivity contribution < 1.29 is 0 Å². The molecule has 5 heteroatoms. The van der Waals surface area contributed by atoms with Crippen LogP contribution in [0.4, 0.5) is 0 Å². The van der Waals surface area contributed by atoms with Crippen molar-refractivity contribution >= 4 is 10.9 Å². The monoisotopic (exact) mass is 375 g/mol. The molecule has 1 N–H and O–H groups in total. The number of hydrogen-bond donors (Lipinski definition) is 1. The van der Waals surface area contributed by atoms with Gasteiger partial charge in [-0.25, -0.2) is 4.98 Å².